The Hall–Kier alpha value is -2.55. The standard InChI is InChI=1S/C21H21ClN2O4S2/c1-3-28-16-8-6-15(7-9-16)24-30(26,27)17-10-11-19(22)18(13-17)21(25)23-14(2)20-5-4-12-29-20/h4-14,24H,3H2,1-2H3,(H,23,25). The third-order valence-electron chi connectivity index (χ3n) is 4.23. The number of nitrogens with one attached hydrogen (secondary N) is 2. The van der Waals surface area contributed by atoms with E-state index in [1.165, 1.54) is 29.5 Å². The number of hydrogen-bond acceptors (Lipinski definition) is 5. The SMILES string of the molecule is CCOc1ccc(NS(=O)(=O)c2ccc(Cl)c(C(=O)NC(C)c3cccs3)c2)cc1. The second-order valence-electron chi connectivity index (χ2n) is 6.42. The van der Waals surface area contributed by atoms with Crippen molar-refractivity contribution in [3.63, 3.8) is 0 Å². The summed E-state index contributed by atoms with van der Waals surface area (Å²) in [5, 5.41) is 4.94. The van der Waals surface area contributed by atoms with Crippen LogP contribution in [-0.2, 0) is 10.0 Å². The lowest BCUT2D eigenvalue weighted by molar-refractivity contribution is 0.0940. The van der Waals surface area contributed by atoms with Crippen molar-refractivity contribution in [2.24, 2.45) is 0 Å². The van der Waals surface area contributed by atoms with E-state index in [-0.39, 0.29) is 21.5 Å². The maximum absolute atomic E-state index is 12.8. The fourth-order valence-corrected chi connectivity index (χ4v) is 4.75. The minimum absolute atomic E-state index is 0.0605. The lowest BCUT2D eigenvalue weighted by atomic mass is 10.2. The Morgan fingerprint density at radius 2 is 1.90 bits per heavy atom. The van der Waals surface area contributed by atoms with Gasteiger partial charge in [-0.15, -0.1) is 11.3 Å². The van der Waals surface area contributed by atoms with Gasteiger partial charge in [-0.05, 0) is 67.8 Å². The number of thiophene rings is 1. The van der Waals surface area contributed by atoms with E-state index < -0.39 is 15.9 Å². The molecule has 158 valence electrons. The largest absolute Gasteiger partial charge is 0.494 e. The molecule has 1 amide bonds. The summed E-state index contributed by atoms with van der Waals surface area (Å²) < 4.78 is 33.4. The number of hydrogen-bond donors (Lipinski definition) is 2. The Morgan fingerprint density at radius 3 is 2.53 bits per heavy atom. The van der Waals surface area contributed by atoms with Crippen LogP contribution in [0.15, 0.2) is 64.9 Å². The quantitative estimate of drug-likeness (QED) is 0.486. The average Bonchev–Trinajstić information content (AvgIpc) is 3.24. The average molecular weight is 465 g/mol. The van der Waals surface area contributed by atoms with Gasteiger partial charge in [0.1, 0.15) is 5.75 Å². The lowest BCUT2D eigenvalue weighted by Crippen LogP contribution is -2.26. The van der Waals surface area contributed by atoms with Gasteiger partial charge in [0.05, 0.1) is 28.1 Å². The number of benzene rings is 2. The Kier molecular flexibility index (Phi) is 7.02. The van der Waals surface area contributed by atoms with Crippen molar-refractivity contribution >= 4 is 44.6 Å². The Balaban J connectivity index is 1.79. The van der Waals surface area contributed by atoms with Gasteiger partial charge in [-0.25, -0.2) is 8.42 Å². The number of halogens is 1. The van der Waals surface area contributed by atoms with Gasteiger partial charge in [-0.3, -0.25) is 9.52 Å². The molecule has 1 unspecified atom stereocenters. The van der Waals surface area contributed by atoms with Gasteiger partial charge in [-0.2, -0.15) is 0 Å². The second kappa shape index (κ2) is 9.51. The second-order valence-corrected chi connectivity index (χ2v) is 9.48. The van der Waals surface area contributed by atoms with Crippen LogP contribution < -0.4 is 14.8 Å². The van der Waals surface area contributed by atoms with Gasteiger partial charge < -0.3 is 10.1 Å². The molecular formula is C21H21ClN2O4S2. The molecule has 3 rings (SSSR count). The minimum Gasteiger partial charge on any atom is -0.494 e. The summed E-state index contributed by atoms with van der Waals surface area (Å²) in [6.07, 6.45) is 0. The molecule has 1 heterocycles. The number of sulfonamides is 1. The molecule has 0 aliphatic heterocycles. The summed E-state index contributed by atoms with van der Waals surface area (Å²) in [6.45, 7) is 4.24. The molecule has 0 saturated carbocycles. The number of amides is 1. The third kappa shape index (κ3) is 5.33. The topological polar surface area (TPSA) is 84.5 Å². The smallest absolute Gasteiger partial charge is 0.261 e. The molecule has 0 fully saturated rings. The highest BCUT2D eigenvalue weighted by atomic mass is 35.5. The third-order valence-corrected chi connectivity index (χ3v) is 6.99. The lowest BCUT2D eigenvalue weighted by Gasteiger charge is -2.14. The first kappa shape index (κ1) is 22.1. The molecule has 3 aromatic rings. The van der Waals surface area contributed by atoms with Crippen molar-refractivity contribution in [3.8, 4) is 5.75 Å². The molecule has 1 atom stereocenters. The number of carbonyl (C=O) groups excluding carboxylic acids is 1. The summed E-state index contributed by atoms with van der Waals surface area (Å²) in [5.41, 5.74) is 0.473. The van der Waals surface area contributed by atoms with Gasteiger partial charge in [-0.1, -0.05) is 17.7 Å². The molecule has 0 radical (unpaired) electrons. The molecule has 30 heavy (non-hydrogen) atoms. The van der Waals surface area contributed by atoms with Gasteiger partial charge in [0.15, 0.2) is 0 Å². The highest BCUT2D eigenvalue weighted by molar-refractivity contribution is 7.92. The summed E-state index contributed by atoms with van der Waals surface area (Å²) >= 11 is 7.69. The molecule has 0 spiro atoms. The number of anilines is 1. The zero-order valence-corrected chi connectivity index (χ0v) is 18.8. The molecule has 2 aromatic carbocycles. The molecule has 6 nitrogen and oxygen atoms in total. The highest BCUT2D eigenvalue weighted by Crippen LogP contribution is 2.25. The molecule has 1 aromatic heterocycles. The zero-order chi connectivity index (χ0) is 21.7. The first-order valence-corrected chi connectivity index (χ1v) is 11.9. The van der Waals surface area contributed by atoms with E-state index in [0.29, 0.717) is 18.0 Å². The summed E-state index contributed by atoms with van der Waals surface area (Å²) in [7, 11) is -3.91. The predicted octanol–water partition coefficient (Wildman–Crippen LogP) is 5.09. The van der Waals surface area contributed by atoms with Gasteiger partial charge in [0.25, 0.3) is 15.9 Å². The number of carbonyl (C=O) groups is 1. The van der Waals surface area contributed by atoms with Gasteiger partial charge >= 0.3 is 0 Å². The molecular weight excluding hydrogens is 444 g/mol. The molecule has 0 aliphatic rings. The van der Waals surface area contributed by atoms with Crippen LogP contribution in [-0.4, -0.2) is 20.9 Å². The van der Waals surface area contributed by atoms with Crippen LogP contribution in [0.4, 0.5) is 5.69 Å². The Bertz CT molecular complexity index is 1110. The maximum atomic E-state index is 12.8. The van der Waals surface area contributed by atoms with E-state index in [9.17, 15) is 13.2 Å². The predicted molar refractivity (Wildman–Crippen MR) is 120 cm³/mol. The fourth-order valence-electron chi connectivity index (χ4n) is 2.73. The highest BCUT2D eigenvalue weighted by Gasteiger charge is 2.20. The van der Waals surface area contributed by atoms with E-state index >= 15 is 0 Å². The summed E-state index contributed by atoms with van der Waals surface area (Å²) in [5.74, 6) is 0.199. The van der Waals surface area contributed by atoms with E-state index in [0.717, 1.165) is 4.88 Å². The fraction of sp³-hybridized carbons (Fsp3) is 0.190. The minimum atomic E-state index is -3.91. The summed E-state index contributed by atoms with van der Waals surface area (Å²) in [6, 6.07) is 14.2. The van der Waals surface area contributed by atoms with Crippen molar-refractivity contribution in [2.75, 3.05) is 11.3 Å². The van der Waals surface area contributed by atoms with Crippen LogP contribution in [0.3, 0.4) is 0 Å². The van der Waals surface area contributed by atoms with E-state index in [4.69, 9.17) is 16.3 Å². The van der Waals surface area contributed by atoms with E-state index in [1.807, 2.05) is 31.4 Å². The maximum Gasteiger partial charge on any atom is 0.261 e. The van der Waals surface area contributed by atoms with Gasteiger partial charge in [0.2, 0.25) is 0 Å². The zero-order valence-electron chi connectivity index (χ0n) is 16.4. The normalized spacial score (nSPS) is 12.2. The Morgan fingerprint density at radius 1 is 1.17 bits per heavy atom. The first-order chi connectivity index (χ1) is 14.3. The van der Waals surface area contributed by atoms with Crippen LogP contribution in [0, 0.1) is 0 Å². The molecule has 0 bridgehead atoms. The van der Waals surface area contributed by atoms with Crippen LogP contribution in [0.25, 0.3) is 0 Å². The Labute approximate surface area is 184 Å². The van der Waals surface area contributed by atoms with E-state index in [2.05, 4.69) is 10.0 Å². The molecule has 0 saturated heterocycles. The van der Waals surface area contributed by atoms with Crippen molar-refractivity contribution < 1.29 is 17.9 Å². The van der Waals surface area contributed by atoms with Crippen molar-refractivity contribution in [2.45, 2.75) is 24.8 Å². The van der Waals surface area contributed by atoms with E-state index in [1.54, 1.807) is 24.3 Å². The van der Waals surface area contributed by atoms with Crippen LogP contribution in [0.5, 0.6) is 5.75 Å². The van der Waals surface area contributed by atoms with Crippen LogP contribution in [0.2, 0.25) is 5.02 Å². The monoisotopic (exact) mass is 464 g/mol. The molecule has 9 heteroatoms. The van der Waals surface area contributed by atoms with Crippen LogP contribution >= 0.6 is 22.9 Å². The van der Waals surface area contributed by atoms with Crippen LogP contribution in [0.1, 0.15) is 35.1 Å². The van der Waals surface area contributed by atoms with Crippen molar-refractivity contribution in [1.29, 1.82) is 0 Å². The number of rotatable bonds is 8. The number of ether oxygens (including phenoxy) is 1. The van der Waals surface area contributed by atoms with Crippen molar-refractivity contribution in [1.82, 2.24) is 5.32 Å². The van der Waals surface area contributed by atoms with Gasteiger partial charge in [0, 0.05) is 10.6 Å². The molecule has 2 N–H and O–H groups in total. The first-order valence-electron chi connectivity index (χ1n) is 9.19. The summed E-state index contributed by atoms with van der Waals surface area (Å²) in [4.78, 5) is 13.6. The van der Waals surface area contributed by atoms with Crippen molar-refractivity contribution in [3.05, 3.63) is 75.4 Å². The molecule has 0 aliphatic carbocycles.